The second kappa shape index (κ2) is 36.9. The summed E-state index contributed by atoms with van der Waals surface area (Å²) in [5.41, 5.74) is 0. The van der Waals surface area contributed by atoms with Gasteiger partial charge in [-0.25, -0.2) is 0 Å². The van der Waals surface area contributed by atoms with Crippen molar-refractivity contribution in [2.45, 2.75) is 20.3 Å². The van der Waals surface area contributed by atoms with Crippen LogP contribution < -0.4 is 29.6 Å². The average Bonchev–Trinajstić information content (AvgIpc) is 1.65. The quantitative estimate of drug-likeness (QED) is 0.447. The number of hydrogen-bond acceptors (Lipinski definition) is 2. The molecule has 14 heavy (non-hydrogen) atoms. The Hall–Kier alpha value is 1.08. The fraction of sp³-hybridized carbons (Fsp3) is 0.600. The summed E-state index contributed by atoms with van der Waals surface area (Å²) in [6, 6.07) is 0. The summed E-state index contributed by atoms with van der Waals surface area (Å²) in [5.74, 6) is -1.58. The van der Waals surface area contributed by atoms with Gasteiger partial charge in [-0.3, -0.25) is 9.59 Å². The first-order chi connectivity index (χ1) is 4.00. The molecule has 9 heteroatoms. The fourth-order valence-corrected chi connectivity index (χ4v) is 0. The standard InChI is InChI=1S/C3H6O2.C2H4O2.Ca.Na.3H2O.3H/c1-2-3(4)5;1-2(3)4;;;;;;;;/h2H2,1H3,(H,4,5);1H3,(H,3,4);;;3*1H2;;;/q;;+2;+1;;;;3*-1. The number of carboxylic acid groups (broad SMARTS) is 2. The zero-order valence-corrected chi connectivity index (χ0v) is 12.8. The fourth-order valence-electron chi connectivity index (χ4n) is 0. The molecule has 0 radical (unpaired) electrons. The van der Waals surface area contributed by atoms with Gasteiger partial charge in [-0.15, -0.1) is 0 Å². The van der Waals surface area contributed by atoms with Crippen molar-refractivity contribution in [2.75, 3.05) is 0 Å². The minimum Gasteiger partial charge on any atom is -1.00 e. The summed E-state index contributed by atoms with van der Waals surface area (Å²) >= 11 is 0. The number of rotatable bonds is 1. The van der Waals surface area contributed by atoms with Crippen LogP contribution in [0.15, 0.2) is 0 Å². The number of carbonyl (C=O) groups is 2. The van der Waals surface area contributed by atoms with Crippen LogP contribution in [0.4, 0.5) is 0 Å². The van der Waals surface area contributed by atoms with Gasteiger partial charge >= 0.3 is 73.3 Å². The summed E-state index contributed by atoms with van der Waals surface area (Å²) in [6.45, 7) is 2.68. The van der Waals surface area contributed by atoms with Gasteiger partial charge in [-0.1, -0.05) is 6.92 Å². The maximum Gasteiger partial charge on any atom is 2.00 e. The number of hydrogen-bond donors (Lipinski definition) is 2. The minimum atomic E-state index is -0.833. The summed E-state index contributed by atoms with van der Waals surface area (Å²) in [7, 11) is 0. The van der Waals surface area contributed by atoms with E-state index in [1.807, 2.05) is 0 Å². The Morgan fingerprint density at radius 1 is 1.14 bits per heavy atom. The number of carboxylic acids is 2. The third-order valence-electron chi connectivity index (χ3n) is 0.302. The molecule has 0 spiro atoms. The maximum absolute atomic E-state index is 9.37. The van der Waals surface area contributed by atoms with E-state index in [0.717, 1.165) is 6.92 Å². The molecule has 0 saturated heterocycles. The van der Waals surface area contributed by atoms with Crippen LogP contribution in [-0.2, 0) is 9.59 Å². The van der Waals surface area contributed by atoms with Crippen LogP contribution in [0.3, 0.4) is 0 Å². The van der Waals surface area contributed by atoms with E-state index in [4.69, 9.17) is 15.0 Å². The Balaban J connectivity index is -0.00000000494. The molecular formula is C5H19CaNaO7. The Bertz CT molecular complexity index is 118. The SMILES string of the molecule is CC(=O)O.CCC(=O)O.O.O.O.[Ca+2].[H-].[H-].[H-].[Na+]. The van der Waals surface area contributed by atoms with Crippen LogP contribution in [0, 0.1) is 0 Å². The van der Waals surface area contributed by atoms with Gasteiger partial charge in [0.05, 0.1) is 0 Å². The van der Waals surface area contributed by atoms with Crippen molar-refractivity contribution in [3.63, 3.8) is 0 Å². The molecule has 0 saturated carbocycles. The van der Waals surface area contributed by atoms with Crippen molar-refractivity contribution < 1.29 is 70.1 Å². The van der Waals surface area contributed by atoms with Gasteiger partial charge in [-0.2, -0.15) is 0 Å². The molecule has 0 amide bonds. The Kier molecular flexibility index (Phi) is 121. The molecule has 0 unspecified atom stereocenters. The Morgan fingerprint density at radius 2 is 1.21 bits per heavy atom. The summed E-state index contributed by atoms with van der Waals surface area (Å²) in [4.78, 5) is 18.4. The largest absolute Gasteiger partial charge is 2.00 e. The van der Waals surface area contributed by atoms with Crippen molar-refractivity contribution in [3.8, 4) is 0 Å². The van der Waals surface area contributed by atoms with E-state index in [9.17, 15) is 4.79 Å². The molecule has 0 aromatic heterocycles. The van der Waals surface area contributed by atoms with Crippen LogP contribution in [0.25, 0.3) is 0 Å². The molecule has 7 nitrogen and oxygen atoms in total. The van der Waals surface area contributed by atoms with Gasteiger partial charge < -0.3 is 30.9 Å². The molecule has 0 atom stereocenters. The van der Waals surface area contributed by atoms with Crippen molar-refractivity contribution in [1.29, 1.82) is 0 Å². The van der Waals surface area contributed by atoms with E-state index in [0.29, 0.717) is 0 Å². The molecule has 8 N–H and O–H groups in total. The molecule has 0 fully saturated rings. The molecule has 0 aliphatic heterocycles. The van der Waals surface area contributed by atoms with Gasteiger partial charge in [0.1, 0.15) is 0 Å². The molecule has 0 heterocycles. The van der Waals surface area contributed by atoms with Gasteiger partial charge in [0.25, 0.3) is 5.97 Å². The van der Waals surface area contributed by atoms with Crippen LogP contribution in [0.5, 0.6) is 0 Å². The van der Waals surface area contributed by atoms with E-state index in [-0.39, 0.29) is 94.4 Å². The van der Waals surface area contributed by atoms with Crippen molar-refractivity contribution in [1.82, 2.24) is 0 Å². The first kappa shape index (κ1) is 45.8. The average molecular weight is 254 g/mol. The van der Waals surface area contributed by atoms with E-state index >= 15 is 0 Å². The van der Waals surface area contributed by atoms with Crippen LogP contribution >= 0.6 is 0 Å². The maximum atomic E-state index is 9.37. The third kappa shape index (κ3) is 201. The number of aliphatic carboxylic acids is 2. The van der Waals surface area contributed by atoms with Gasteiger partial charge in [0, 0.05) is 13.3 Å². The third-order valence-corrected chi connectivity index (χ3v) is 0.302. The molecule has 0 aromatic carbocycles. The van der Waals surface area contributed by atoms with Crippen molar-refractivity contribution in [2.24, 2.45) is 0 Å². The van der Waals surface area contributed by atoms with Gasteiger partial charge in [0.15, 0.2) is 0 Å². The zero-order chi connectivity index (χ0) is 7.86. The summed E-state index contributed by atoms with van der Waals surface area (Å²) in [5, 5.41) is 15.1. The Morgan fingerprint density at radius 3 is 1.21 bits per heavy atom. The molecule has 0 bridgehead atoms. The monoisotopic (exact) mass is 254 g/mol. The van der Waals surface area contributed by atoms with E-state index in [1.165, 1.54) is 0 Å². The van der Waals surface area contributed by atoms with E-state index in [1.54, 1.807) is 6.92 Å². The van der Waals surface area contributed by atoms with E-state index < -0.39 is 11.9 Å². The normalized spacial score (nSPS) is 4.43. The van der Waals surface area contributed by atoms with Crippen molar-refractivity contribution in [3.05, 3.63) is 0 Å². The van der Waals surface area contributed by atoms with Crippen LogP contribution in [0.2, 0.25) is 0 Å². The molecule has 0 aliphatic rings. The summed E-state index contributed by atoms with van der Waals surface area (Å²) < 4.78 is 0. The first-order valence-electron chi connectivity index (χ1n) is 2.42. The molecule has 84 valence electrons. The first-order valence-corrected chi connectivity index (χ1v) is 2.42. The van der Waals surface area contributed by atoms with Crippen LogP contribution in [0.1, 0.15) is 24.5 Å². The predicted octanol–water partition coefficient (Wildman–Crippen LogP) is -4.94. The molecule has 0 aliphatic carbocycles. The van der Waals surface area contributed by atoms with Gasteiger partial charge in [0.2, 0.25) is 0 Å². The predicted molar refractivity (Wildman–Crippen MR) is 51.2 cm³/mol. The van der Waals surface area contributed by atoms with E-state index in [2.05, 4.69) is 0 Å². The smallest absolute Gasteiger partial charge is 1.00 e. The second-order valence-corrected chi connectivity index (χ2v) is 1.27. The zero-order valence-electron chi connectivity index (χ0n) is 11.6. The Labute approximate surface area is 139 Å². The minimum absolute atomic E-state index is 0. The molecule has 0 aromatic rings. The summed E-state index contributed by atoms with van der Waals surface area (Å²) in [6.07, 6.45) is 0.222. The van der Waals surface area contributed by atoms with Crippen LogP contribution in [-0.4, -0.2) is 76.3 Å². The second-order valence-electron chi connectivity index (χ2n) is 1.27. The molecule has 0 rings (SSSR count). The van der Waals surface area contributed by atoms with Crippen molar-refractivity contribution >= 4 is 49.7 Å². The molecular weight excluding hydrogens is 235 g/mol. The van der Waals surface area contributed by atoms with Gasteiger partial charge in [-0.05, 0) is 0 Å². The topological polar surface area (TPSA) is 169 Å².